The molecule has 0 radical (unpaired) electrons. The van der Waals surface area contributed by atoms with Crippen LogP contribution in [0.4, 0.5) is 0 Å². The van der Waals surface area contributed by atoms with E-state index in [1.165, 1.54) is 0 Å². The van der Waals surface area contributed by atoms with E-state index >= 15 is 0 Å². The van der Waals surface area contributed by atoms with Crippen LogP contribution >= 0.6 is 15.9 Å². The highest BCUT2D eigenvalue weighted by Gasteiger charge is 2.11. The molecule has 1 aromatic carbocycles. The number of methoxy groups -OCH3 is 1. The second-order valence-electron chi connectivity index (χ2n) is 3.61. The predicted octanol–water partition coefficient (Wildman–Crippen LogP) is 2.49. The largest absolute Gasteiger partial charge is 0.497 e. The first-order valence-corrected chi connectivity index (χ1v) is 6.20. The van der Waals surface area contributed by atoms with E-state index < -0.39 is 6.10 Å². The Morgan fingerprint density at radius 3 is 2.88 bits per heavy atom. The zero-order valence-corrected chi connectivity index (χ0v) is 11.3. The van der Waals surface area contributed by atoms with Gasteiger partial charge in [-0.3, -0.25) is 0 Å². The van der Waals surface area contributed by atoms with E-state index in [0.717, 1.165) is 28.8 Å². The third kappa shape index (κ3) is 3.77. The molecule has 4 heteroatoms. The van der Waals surface area contributed by atoms with Crippen molar-refractivity contribution in [3.63, 3.8) is 0 Å². The summed E-state index contributed by atoms with van der Waals surface area (Å²) in [6.07, 6.45) is 0.544. The molecule has 1 unspecified atom stereocenters. The van der Waals surface area contributed by atoms with E-state index in [1.807, 2.05) is 18.2 Å². The zero-order valence-electron chi connectivity index (χ0n) is 9.66. The molecule has 0 saturated heterocycles. The van der Waals surface area contributed by atoms with Crippen molar-refractivity contribution in [2.24, 2.45) is 0 Å². The molecule has 16 heavy (non-hydrogen) atoms. The molecule has 0 fully saturated rings. The molecule has 0 spiro atoms. The average molecular weight is 288 g/mol. The van der Waals surface area contributed by atoms with Crippen molar-refractivity contribution < 1.29 is 9.84 Å². The first-order chi connectivity index (χ1) is 7.69. The van der Waals surface area contributed by atoms with Gasteiger partial charge in [0.25, 0.3) is 0 Å². The molecule has 0 bridgehead atoms. The third-order valence-electron chi connectivity index (χ3n) is 2.33. The summed E-state index contributed by atoms with van der Waals surface area (Å²) in [6.45, 7) is 3.57. The first kappa shape index (κ1) is 13.5. The summed E-state index contributed by atoms with van der Waals surface area (Å²) in [5.41, 5.74) is 0.850. The fourth-order valence-electron chi connectivity index (χ4n) is 1.43. The number of hydrogen-bond donors (Lipinski definition) is 2. The Hall–Kier alpha value is -0.580. The highest BCUT2D eigenvalue weighted by molar-refractivity contribution is 9.10. The molecule has 90 valence electrons. The standard InChI is InChI=1S/C12H18BrNO2/c1-3-6-14-8-12(15)10-7-9(16-2)4-5-11(10)13/h4-5,7,12,14-15H,3,6,8H2,1-2H3. The van der Waals surface area contributed by atoms with Gasteiger partial charge in [0.2, 0.25) is 0 Å². The van der Waals surface area contributed by atoms with E-state index in [9.17, 15) is 5.11 Å². The number of ether oxygens (including phenoxy) is 1. The van der Waals surface area contributed by atoms with E-state index in [-0.39, 0.29) is 0 Å². The monoisotopic (exact) mass is 287 g/mol. The Morgan fingerprint density at radius 1 is 1.50 bits per heavy atom. The molecule has 0 aliphatic carbocycles. The maximum absolute atomic E-state index is 10.00. The fraction of sp³-hybridized carbons (Fsp3) is 0.500. The van der Waals surface area contributed by atoms with E-state index in [0.29, 0.717) is 6.54 Å². The van der Waals surface area contributed by atoms with Crippen LogP contribution in [0, 0.1) is 0 Å². The third-order valence-corrected chi connectivity index (χ3v) is 3.05. The molecule has 0 amide bonds. The van der Waals surface area contributed by atoms with Crippen molar-refractivity contribution in [1.29, 1.82) is 0 Å². The Balaban J connectivity index is 2.69. The number of benzene rings is 1. The molecule has 0 aliphatic rings. The van der Waals surface area contributed by atoms with Gasteiger partial charge in [0.05, 0.1) is 13.2 Å². The number of nitrogens with one attached hydrogen (secondary N) is 1. The zero-order chi connectivity index (χ0) is 12.0. The molecule has 0 saturated carbocycles. The number of aliphatic hydroxyl groups is 1. The molecule has 0 aliphatic heterocycles. The SMILES string of the molecule is CCCNCC(O)c1cc(OC)ccc1Br. The number of rotatable bonds is 6. The van der Waals surface area contributed by atoms with Gasteiger partial charge in [-0.1, -0.05) is 22.9 Å². The van der Waals surface area contributed by atoms with E-state index in [2.05, 4.69) is 28.2 Å². The lowest BCUT2D eigenvalue weighted by Crippen LogP contribution is -2.22. The lowest BCUT2D eigenvalue weighted by atomic mass is 10.1. The molecule has 1 atom stereocenters. The van der Waals surface area contributed by atoms with Crippen molar-refractivity contribution in [3.05, 3.63) is 28.2 Å². The number of hydrogen-bond acceptors (Lipinski definition) is 3. The van der Waals surface area contributed by atoms with Crippen LogP contribution in [0.1, 0.15) is 25.0 Å². The Kier molecular flexibility index (Phi) is 5.80. The van der Waals surface area contributed by atoms with E-state index in [4.69, 9.17) is 4.74 Å². The summed E-state index contributed by atoms with van der Waals surface area (Å²) in [6, 6.07) is 5.60. The van der Waals surface area contributed by atoms with Crippen LogP contribution in [-0.2, 0) is 0 Å². The van der Waals surface area contributed by atoms with Gasteiger partial charge in [0, 0.05) is 11.0 Å². The molecular formula is C12H18BrNO2. The maximum Gasteiger partial charge on any atom is 0.119 e. The fourth-order valence-corrected chi connectivity index (χ4v) is 1.94. The molecule has 1 rings (SSSR count). The van der Waals surface area contributed by atoms with Crippen molar-refractivity contribution in [2.75, 3.05) is 20.2 Å². The Morgan fingerprint density at radius 2 is 2.25 bits per heavy atom. The van der Waals surface area contributed by atoms with Crippen molar-refractivity contribution in [2.45, 2.75) is 19.4 Å². The summed E-state index contributed by atoms with van der Waals surface area (Å²) in [4.78, 5) is 0. The lowest BCUT2D eigenvalue weighted by Gasteiger charge is -2.14. The molecular weight excluding hydrogens is 270 g/mol. The average Bonchev–Trinajstić information content (AvgIpc) is 2.30. The smallest absolute Gasteiger partial charge is 0.119 e. The molecule has 0 aromatic heterocycles. The van der Waals surface area contributed by atoms with Gasteiger partial charge in [-0.2, -0.15) is 0 Å². The van der Waals surface area contributed by atoms with Crippen molar-refractivity contribution >= 4 is 15.9 Å². The second kappa shape index (κ2) is 6.89. The van der Waals surface area contributed by atoms with Crippen LogP contribution in [0.25, 0.3) is 0 Å². The van der Waals surface area contributed by atoms with Crippen LogP contribution in [0.15, 0.2) is 22.7 Å². The van der Waals surface area contributed by atoms with Gasteiger partial charge in [0.15, 0.2) is 0 Å². The van der Waals surface area contributed by atoms with Gasteiger partial charge in [-0.25, -0.2) is 0 Å². The van der Waals surface area contributed by atoms with Crippen LogP contribution in [0.2, 0.25) is 0 Å². The minimum Gasteiger partial charge on any atom is -0.497 e. The normalized spacial score (nSPS) is 12.5. The van der Waals surface area contributed by atoms with Crippen LogP contribution < -0.4 is 10.1 Å². The topological polar surface area (TPSA) is 41.5 Å². The number of halogens is 1. The summed E-state index contributed by atoms with van der Waals surface area (Å²) < 4.78 is 6.04. The van der Waals surface area contributed by atoms with Crippen LogP contribution in [0.3, 0.4) is 0 Å². The van der Waals surface area contributed by atoms with Gasteiger partial charge >= 0.3 is 0 Å². The molecule has 1 aromatic rings. The predicted molar refractivity (Wildman–Crippen MR) is 68.8 cm³/mol. The van der Waals surface area contributed by atoms with Crippen molar-refractivity contribution in [1.82, 2.24) is 5.32 Å². The summed E-state index contributed by atoms with van der Waals surface area (Å²) in [5, 5.41) is 13.2. The molecule has 3 nitrogen and oxygen atoms in total. The quantitative estimate of drug-likeness (QED) is 0.790. The van der Waals surface area contributed by atoms with Crippen LogP contribution in [0.5, 0.6) is 5.75 Å². The Bertz CT molecular complexity index is 331. The first-order valence-electron chi connectivity index (χ1n) is 5.41. The number of aliphatic hydroxyl groups excluding tert-OH is 1. The van der Waals surface area contributed by atoms with Gasteiger partial charge in [0.1, 0.15) is 5.75 Å². The van der Waals surface area contributed by atoms with Gasteiger partial charge in [-0.05, 0) is 36.7 Å². The van der Waals surface area contributed by atoms with Gasteiger partial charge < -0.3 is 15.2 Å². The minimum atomic E-state index is -0.518. The summed E-state index contributed by atoms with van der Waals surface area (Å²) >= 11 is 3.43. The summed E-state index contributed by atoms with van der Waals surface area (Å²) in [7, 11) is 1.62. The highest BCUT2D eigenvalue weighted by Crippen LogP contribution is 2.27. The summed E-state index contributed by atoms with van der Waals surface area (Å²) in [5.74, 6) is 0.757. The van der Waals surface area contributed by atoms with Crippen molar-refractivity contribution in [3.8, 4) is 5.75 Å². The molecule has 0 heterocycles. The van der Waals surface area contributed by atoms with Crippen LogP contribution in [-0.4, -0.2) is 25.3 Å². The van der Waals surface area contributed by atoms with E-state index in [1.54, 1.807) is 7.11 Å². The van der Waals surface area contributed by atoms with Gasteiger partial charge in [-0.15, -0.1) is 0 Å². The second-order valence-corrected chi connectivity index (χ2v) is 4.46. The Labute approximate surface area is 105 Å². The lowest BCUT2D eigenvalue weighted by molar-refractivity contribution is 0.174. The molecule has 2 N–H and O–H groups in total. The minimum absolute atomic E-state index is 0.518. The highest BCUT2D eigenvalue weighted by atomic mass is 79.9. The maximum atomic E-state index is 10.00.